The Bertz CT molecular complexity index is 1190. The third-order valence-corrected chi connectivity index (χ3v) is 6.69. The van der Waals surface area contributed by atoms with Gasteiger partial charge in [-0.3, -0.25) is 9.69 Å². The van der Waals surface area contributed by atoms with Gasteiger partial charge < -0.3 is 18.9 Å². The van der Waals surface area contributed by atoms with Crippen molar-refractivity contribution in [2.75, 3.05) is 27.2 Å². The number of para-hydroxylation sites is 1. The van der Waals surface area contributed by atoms with Gasteiger partial charge in [0, 0.05) is 10.9 Å². The van der Waals surface area contributed by atoms with Crippen LogP contribution in [-0.4, -0.2) is 55.3 Å². The first-order chi connectivity index (χ1) is 17.5. The highest BCUT2D eigenvalue weighted by Gasteiger charge is 2.37. The van der Waals surface area contributed by atoms with Gasteiger partial charge >= 0.3 is 5.97 Å². The molecule has 3 aromatic rings. The number of fused-ring (bicyclic) bond motifs is 2. The van der Waals surface area contributed by atoms with E-state index in [0.29, 0.717) is 24.7 Å². The Hall–Kier alpha value is -3.16. The Morgan fingerprint density at radius 2 is 1.89 bits per heavy atom. The largest absolute Gasteiger partial charge is 0.490 e. The van der Waals surface area contributed by atoms with Gasteiger partial charge in [-0.1, -0.05) is 43.5 Å². The average Bonchev–Trinajstić information content (AvgIpc) is 2.89. The molecule has 0 bridgehead atoms. The van der Waals surface area contributed by atoms with Crippen LogP contribution in [0.3, 0.4) is 0 Å². The molecule has 190 valence electrons. The smallest absolute Gasteiger partial charge is 0.320 e. The van der Waals surface area contributed by atoms with Crippen LogP contribution >= 0.6 is 0 Å². The zero-order valence-corrected chi connectivity index (χ0v) is 21.0. The third-order valence-electron chi connectivity index (χ3n) is 6.69. The number of carbonyl (C=O) groups excluding carboxylic acids is 1. The normalized spacial score (nSPS) is 20.1. The molecule has 1 aromatic heterocycles. The molecule has 0 saturated heterocycles. The maximum absolute atomic E-state index is 12.7. The molecule has 7 heteroatoms. The van der Waals surface area contributed by atoms with Crippen molar-refractivity contribution in [1.29, 1.82) is 0 Å². The number of ether oxygens (including phenoxy) is 4. The molecule has 7 nitrogen and oxygen atoms in total. The Kier molecular flexibility index (Phi) is 7.68. The van der Waals surface area contributed by atoms with Gasteiger partial charge in [0.15, 0.2) is 6.10 Å². The molecule has 0 unspecified atom stereocenters. The summed E-state index contributed by atoms with van der Waals surface area (Å²) in [5, 5.41) is 1.10. The number of esters is 1. The number of hydrogen-bond donors (Lipinski definition) is 0. The van der Waals surface area contributed by atoms with Crippen molar-refractivity contribution in [3.63, 3.8) is 0 Å². The fourth-order valence-electron chi connectivity index (χ4n) is 4.91. The highest BCUT2D eigenvalue weighted by Crippen LogP contribution is 2.40. The van der Waals surface area contributed by atoms with Gasteiger partial charge in [-0.2, -0.15) is 0 Å². The molecule has 2 aromatic carbocycles. The minimum atomic E-state index is -0.550. The van der Waals surface area contributed by atoms with E-state index in [2.05, 4.69) is 6.07 Å². The van der Waals surface area contributed by atoms with E-state index in [1.54, 1.807) is 4.90 Å². The van der Waals surface area contributed by atoms with E-state index in [4.69, 9.17) is 23.9 Å². The van der Waals surface area contributed by atoms with Gasteiger partial charge in [-0.15, -0.1) is 0 Å². The Morgan fingerprint density at radius 3 is 2.72 bits per heavy atom. The Balaban J connectivity index is 1.34. The molecule has 0 radical (unpaired) electrons. The third kappa shape index (κ3) is 5.97. The molecule has 1 fully saturated rings. The van der Waals surface area contributed by atoms with Crippen molar-refractivity contribution >= 4 is 16.9 Å². The predicted molar refractivity (Wildman–Crippen MR) is 137 cm³/mol. The van der Waals surface area contributed by atoms with Crippen LogP contribution in [0.1, 0.15) is 49.5 Å². The second-order valence-corrected chi connectivity index (χ2v) is 9.88. The molecule has 0 spiro atoms. The maximum Gasteiger partial charge on any atom is 0.320 e. The molecular formula is C29H34N2O5. The lowest BCUT2D eigenvalue weighted by molar-refractivity contribution is -0.169. The molecule has 2 aliphatic rings. The van der Waals surface area contributed by atoms with Crippen molar-refractivity contribution in [2.45, 2.75) is 57.0 Å². The Labute approximate surface area is 212 Å². The van der Waals surface area contributed by atoms with Gasteiger partial charge in [0.2, 0.25) is 0 Å². The molecular weight excluding hydrogens is 456 g/mol. The Morgan fingerprint density at radius 1 is 1.06 bits per heavy atom. The molecule has 1 aliphatic carbocycles. The van der Waals surface area contributed by atoms with Gasteiger partial charge in [-0.05, 0) is 57.3 Å². The number of rotatable bonds is 8. The highest BCUT2D eigenvalue weighted by molar-refractivity contribution is 5.78. The molecule has 0 amide bonds. The number of nitrogens with zero attached hydrogens (tertiary/aromatic N) is 2. The fourth-order valence-corrected chi connectivity index (χ4v) is 4.91. The van der Waals surface area contributed by atoms with E-state index < -0.39 is 6.10 Å². The quantitative estimate of drug-likeness (QED) is 0.408. The minimum Gasteiger partial charge on any atom is -0.490 e. The van der Waals surface area contributed by atoms with Crippen LogP contribution in [0.15, 0.2) is 54.6 Å². The van der Waals surface area contributed by atoms with E-state index in [9.17, 15) is 4.79 Å². The van der Waals surface area contributed by atoms with Crippen LogP contribution in [0.2, 0.25) is 0 Å². The number of hydrogen-bond acceptors (Lipinski definition) is 7. The van der Waals surface area contributed by atoms with Crippen LogP contribution in [0.4, 0.5) is 0 Å². The summed E-state index contributed by atoms with van der Waals surface area (Å²) in [6.07, 6.45) is 4.91. The topological polar surface area (TPSA) is 70.1 Å². The summed E-state index contributed by atoms with van der Waals surface area (Å²) in [6.45, 7) is 0.884. The van der Waals surface area contributed by atoms with E-state index in [0.717, 1.165) is 35.0 Å². The summed E-state index contributed by atoms with van der Waals surface area (Å²) in [5.41, 5.74) is 2.56. The predicted octanol–water partition coefficient (Wildman–Crippen LogP) is 5.07. The summed E-state index contributed by atoms with van der Waals surface area (Å²) in [4.78, 5) is 19.2. The zero-order chi connectivity index (χ0) is 24.9. The second-order valence-electron chi connectivity index (χ2n) is 9.88. The maximum atomic E-state index is 12.7. The van der Waals surface area contributed by atoms with Crippen LogP contribution in [-0.2, 0) is 20.9 Å². The number of likely N-dealkylation sites (N-methyl/N-ethyl adjacent to an activating group) is 1. The van der Waals surface area contributed by atoms with Crippen LogP contribution < -0.4 is 9.47 Å². The monoisotopic (exact) mass is 490 g/mol. The van der Waals surface area contributed by atoms with E-state index in [1.807, 2.05) is 62.6 Å². The summed E-state index contributed by atoms with van der Waals surface area (Å²) in [7, 11) is 3.70. The number of carbonyl (C=O) groups is 1. The first-order valence-electron chi connectivity index (χ1n) is 12.8. The molecule has 2 atom stereocenters. The lowest BCUT2D eigenvalue weighted by Crippen LogP contribution is -2.40. The standard InChI is InChI=1S/C29H34N2O5/c1-31(2)17-28(32)36-29-24-16-23(33-18-21-13-12-20-8-6-7-11-25(20)30-21)14-15-26(24)34-19-27(29)35-22-9-4-3-5-10-22/h6-8,11-16,22,27,29H,3-5,9-10,17-19H2,1-2H3/t27-,29+/m0/s1. The molecule has 2 heterocycles. The summed E-state index contributed by atoms with van der Waals surface area (Å²) >= 11 is 0. The van der Waals surface area contributed by atoms with Crippen LogP contribution in [0.25, 0.3) is 10.9 Å². The van der Waals surface area contributed by atoms with Gasteiger partial charge in [-0.25, -0.2) is 4.98 Å². The number of pyridine rings is 1. The lowest BCUT2D eigenvalue weighted by Gasteiger charge is -2.36. The van der Waals surface area contributed by atoms with E-state index in [1.165, 1.54) is 19.3 Å². The van der Waals surface area contributed by atoms with E-state index >= 15 is 0 Å². The highest BCUT2D eigenvalue weighted by atomic mass is 16.6. The minimum absolute atomic E-state index is 0.169. The summed E-state index contributed by atoms with van der Waals surface area (Å²) < 4.78 is 24.6. The molecule has 1 aliphatic heterocycles. The van der Waals surface area contributed by atoms with Crippen molar-refractivity contribution in [3.05, 3.63) is 65.9 Å². The number of benzene rings is 2. The second kappa shape index (κ2) is 11.3. The lowest BCUT2D eigenvalue weighted by atomic mass is 9.96. The van der Waals surface area contributed by atoms with Gasteiger partial charge in [0.05, 0.1) is 23.9 Å². The first-order valence-corrected chi connectivity index (χ1v) is 12.8. The fraction of sp³-hybridized carbons (Fsp3) is 0.448. The molecule has 0 N–H and O–H groups in total. The van der Waals surface area contributed by atoms with Crippen molar-refractivity contribution < 1.29 is 23.7 Å². The van der Waals surface area contributed by atoms with Gasteiger partial charge in [0.25, 0.3) is 0 Å². The molecule has 1 saturated carbocycles. The number of aromatic nitrogens is 1. The summed E-state index contributed by atoms with van der Waals surface area (Å²) in [6, 6.07) is 17.7. The summed E-state index contributed by atoms with van der Waals surface area (Å²) in [5.74, 6) is 1.07. The molecule has 36 heavy (non-hydrogen) atoms. The van der Waals surface area contributed by atoms with Crippen LogP contribution in [0.5, 0.6) is 11.5 Å². The zero-order valence-electron chi connectivity index (χ0n) is 21.0. The SMILES string of the molecule is CN(C)CC(=O)O[C@@H]1c2cc(OCc3ccc4ccccc4n3)ccc2OC[C@@H]1OC1CCCCC1. The van der Waals surface area contributed by atoms with Gasteiger partial charge in [0.1, 0.15) is 30.8 Å². The van der Waals surface area contributed by atoms with Crippen molar-refractivity contribution in [1.82, 2.24) is 9.88 Å². The van der Waals surface area contributed by atoms with E-state index in [-0.39, 0.29) is 24.7 Å². The average molecular weight is 491 g/mol. The molecule has 5 rings (SSSR count). The van der Waals surface area contributed by atoms with Crippen molar-refractivity contribution in [3.8, 4) is 11.5 Å². The van der Waals surface area contributed by atoms with Crippen molar-refractivity contribution in [2.24, 2.45) is 0 Å². The first kappa shape index (κ1) is 24.5. The van der Waals surface area contributed by atoms with Crippen LogP contribution in [0, 0.1) is 0 Å².